The van der Waals surface area contributed by atoms with Crippen LogP contribution in [-0.4, -0.2) is 11.6 Å². The van der Waals surface area contributed by atoms with Crippen molar-refractivity contribution in [3.63, 3.8) is 0 Å². The summed E-state index contributed by atoms with van der Waals surface area (Å²) in [4.78, 5) is 21.8. The summed E-state index contributed by atoms with van der Waals surface area (Å²) in [7, 11) is 0. The van der Waals surface area contributed by atoms with E-state index in [-0.39, 0.29) is 67.4 Å². The molecule has 0 aliphatic rings. The molecule has 1 radical (unpaired) electrons. The minimum Gasteiger partial charge on any atom is -0.300 e. The van der Waals surface area contributed by atoms with Gasteiger partial charge in [-0.05, 0) is 6.92 Å². The van der Waals surface area contributed by atoms with E-state index in [1.807, 2.05) is 6.07 Å². The van der Waals surface area contributed by atoms with Gasteiger partial charge in [0.15, 0.2) is 5.78 Å². The van der Waals surface area contributed by atoms with Gasteiger partial charge in [-0.1, -0.05) is 30.3 Å². The number of carbonyl (C=O) groups excluding carboxylic acids is 2. The van der Waals surface area contributed by atoms with E-state index in [4.69, 9.17) is 0 Å². The first kappa shape index (κ1) is 13.1. The Bertz CT molecular complexity index is 293. The largest absolute Gasteiger partial charge is 0.300 e. The van der Waals surface area contributed by atoms with Crippen LogP contribution in [0.3, 0.4) is 0 Å². The summed E-state index contributed by atoms with van der Waals surface area (Å²) in [6, 6.07) is 8.84. The van der Waals surface area contributed by atoms with Crippen molar-refractivity contribution < 1.29 is 59.0 Å². The molecule has 0 unspecified atom stereocenters. The predicted octanol–water partition coefficient (Wildman–Crippen LogP) is 1.85. The summed E-state index contributed by atoms with van der Waals surface area (Å²) in [5.74, 6) is -0.202. The number of hydrogen-bond acceptors (Lipinski definition) is 2. The van der Waals surface area contributed by atoms with Gasteiger partial charge in [0.05, 0.1) is 6.42 Å². The minimum absolute atomic E-state index is 0. The summed E-state index contributed by atoms with van der Waals surface area (Å²) in [5, 5.41) is 0. The van der Waals surface area contributed by atoms with E-state index in [1.54, 1.807) is 24.3 Å². The van der Waals surface area contributed by atoms with Crippen LogP contribution in [0.1, 0.15) is 23.7 Å². The van der Waals surface area contributed by atoms with Gasteiger partial charge in [-0.25, -0.2) is 0 Å². The molecule has 0 aromatic heterocycles. The third-order valence-corrected chi connectivity index (χ3v) is 1.51. The second-order valence-corrected chi connectivity index (χ2v) is 2.67. The molecule has 69 valence electrons. The number of ketones is 2. The molecule has 1 aromatic rings. The van der Waals surface area contributed by atoms with Crippen LogP contribution in [0.5, 0.6) is 0 Å². The van der Waals surface area contributed by atoms with Crippen molar-refractivity contribution in [2.24, 2.45) is 0 Å². The summed E-state index contributed by atoms with van der Waals surface area (Å²) in [6.45, 7) is 1.42. The maximum atomic E-state index is 11.2. The van der Waals surface area contributed by atoms with Crippen LogP contribution < -0.4 is 0 Å². The molecule has 0 fully saturated rings. The molecule has 0 heterocycles. The summed E-state index contributed by atoms with van der Waals surface area (Å²) in [6.07, 6.45) is 0.00398. The van der Waals surface area contributed by atoms with Crippen LogP contribution >= 0.6 is 0 Å². The van der Waals surface area contributed by atoms with Gasteiger partial charge >= 0.3 is 0 Å². The Morgan fingerprint density at radius 1 is 1.15 bits per heavy atom. The molecule has 0 aliphatic carbocycles. The Morgan fingerprint density at radius 3 is 2.15 bits per heavy atom. The molecule has 0 saturated carbocycles. The van der Waals surface area contributed by atoms with E-state index in [0.29, 0.717) is 5.56 Å². The van der Waals surface area contributed by atoms with Crippen LogP contribution in [0.15, 0.2) is 30.3 Å². The first-order chi connectivity index (χ1) is 5.70. The fraction of sp³-hybridized carbons (Fsp3) is 0.200. The van der Waals surface area contributed by atoms with Crippen molar-refractivity contribution >= 4 is 11.6 Å². The predicted molar refractivity (Wildman–Crippen MR) is 46.1 cm³/mol. The van der Waals surface area contributed by atoms with Crippen molar-refractivity contribution in [3.05, 3.63) is 35.9 Å². The fourth-order valence-corrected chi connectivity index (χ4v) is 0.952. The van der Waals surface area contributed by atoms with Gasteiger partial charge in [0, 0.05) is 54.9 Å². The molecule has 13 heavy (non-hydrogen) atoms. The summed E-state index contributed by atoms with van der Waals surface area (Å²) in [5.41, 5.74) is 0.604. The van der Waals surface area contributed by atoms with Crippen molar-refractivity contribution in [2.75, 3.05) is 0 Å². The maximum absolute atomic E-state index is 11.2. The Kier molecular flexibility index (Phi) is 6.65. The van der Waals surface area contributed by atoms with E-state index in [9.17, 15) is 9.59 Å². The monoisotopic (exact) mass is 315 g/mol. The second kappa shape index (κ2) is 6.58. The van der Waals surface area contributed by atoms with E-state index < -0.39 is 0 Å². The van der Waals surface area contributed by atoms with Crippen LogP contribution in [0.4, 0.5) is 0 Å². The summed E-state index contributed by atoms with van der Waals surface area (Å²) >= 11 is 0. The number of Topliss-reactive ketones (excluding diaryl/α,β-unsaturated/α-hetero) is 2. The first-order valence-electron chi connectivity index (χ1n) is 3.78. The van der Waals surface area contributed by atoms with Crippen molar-refractivity contribution in [1.82, 2.24) is 0 Å². The molecule has 0 saturated heterocycles. The maximum Gasteiger partial charge on any atom is 0.170 e. The van der Waals surface area contributed by atoms with Gasteiger partial charge in [-0.3, -0.25) is 9.59 Å². The van der Waals surface area contributed by atoms with Gasteiger partial charge in [0.2, 0.25) is 0 Å². The van der Waals surface area contributed by atoms with Crippen molar-refractivity contribution in [3.8, 4) is 0 Å². The molecule has 0 amide bonds. The van der Waals surface area contributed by atoms with E-state index in [2.05, 4.69) is 0 Å². The number of rotatable bonds is 3. The van der Waals surface area contributed by atoms with Crippen LogP contribution in [0, 0.1) is 49.4 Å². The van der Waals surface area contributed by atoms with Crippen LogP contribution in [0.25, 0.3) is 0 Å². The molecule has 0 bridgehead atoms. The normalized spacial score (nSPS) is 8.69. The smallest absolute Gasteiger partial charge is 0.170 e. The Hall–Kier alpha value is 0.144. The second-order valence-electron chi connectivity index (χ2n) is 2.67. The number of carbonyl (C=O) groups is 2. The minimum atomic E-state index is -0.108. The molecular formula is C10H10EuO2. The molecule has 3 heteroatoms. The zero-order valence-corrected chi connectivity index (χ0v) is 9.71. The Balaban J connectivity index is 0.00000144. The number of benzene rings is 1. The first-order valence-corrected chi connectivity index (χ1v) is 3.78. The molecular weight excluding hydrogens is 304 g/mol. The molecule has 1 aromatic carbocycles. The average molecular weight is 314 g/mol. The Labute approximate surface area is 118 Å². The van der Waals surface area contributed by atoms with Gasteiger partial charge in [0.25, 0.3) is 0 Å². The molecule has 1 rings (SSSR count). The van der Waals surface area contributed by atoms with Crippen LogP contribution in [0.2, 0.25) is 0 Å². The zero-order chi connectivity index (χ0) is 8.97. The van der Waals surface area contributed by atoms with Gasteiger partial charge in [-0.15, -0.1) is 0 Å². The summed E-state index contributed by atoms with van der Waals surface area (Å²) < 4.78 is 0. The third kappa shape index (κ3) is 4.79. The molecule has 0 aliphatic heterocycles. The van der Waals surface area contributed by atoms with Gasteiger partial charge < -0.3 is 0 Å². The molecule has 0 atom stereocenters. The molecule has 0 N–H and O–H groups in total. The standard InChI is InChI=1S/C10H10O2.Eu/c1-8(11)7-10(12)9-5-3-2-4-6-9;/h2-6H,7H2,1H3;. The topological polar surface area (TPSA) is 34.1 Å². The van der Waals surface area contributed by atoms with Gasteiger partial charge in [0.1, 0.15) is 5.78 Å². The molecule has 2 nitrogen and oxygen atoms in total. The van der Waals surface area contributed by atoms with Gasteiger partial charge in [-0.2, -0.15) is 0 Å². The van der Waals surface area contributed by atoms with E-state index >= 15 is 0 Å². The zero-order valence-electron chi connectivity index (χ0n) is 7.29. The average Bonchev–Trinajstić information content (AvgIpc) is 2.05. The third-order valence-electron chi connectivity index (χ3n) is 1.51. The van der Waals surface area contributed by atoms with Crippen LogP contribution in [-0.2, 0) is 4.79 Å². The fourth-order valence-electron chi connectivity index (χ4n) is 0.952. The van der Waals surface area contributed by atoms with E-state index in [0.717, 1.165) is 0 Å². The van der Waals surface area contributed by atoms with Crippen molar-refractivity contribution in [2.45, 2.75) is 13.3 Å². The number of hydrogen-bond donors (Lipinski definition) is 0. The SMILES string of the molecule is CC(=O)CC(=O)c1ccccc1.[Eu]. The quantitative estimate of drug-likeness (QED) is 0.630. The van der Waals surface area contributed by atoms with E-state index in [1.165, 1.54) is 6.92 Å². The molecule has 0 spiro atoms. The Morgan fingerprint density at radius 2 is 1.69 bits per heavy atom. The van der Waals surface area contributed by atoms with Crippen molar-refractivity contribution in [1.29, 1.82) is 0 Å².